The SMILES string of the molecule is CCC(C)c1nc(-c2ccccc2)cs1. The molecule has 1 atom stereocenters. The summed E-state index contributed by atoms with van der Waals surface area (Å²) >= 11 is 1.77. The van der Waals surface area contributed by atoms with Crippen LogP contribution in [0.2, 0.25) is 0 Å². The Kier molecular flexibility index (Phi) is 3.17. The molecule has 0 aliphatic rings. The van der Waals surface area contributed by atoms with Crippen LogP contribution in [0.5, 0.6) is 0 Å². The summed E-state index contributed by atoms with van der Waals surface area (Å²) < 4.78 is 0. The smallest absolute Gasteiger partial charge is 0.0960 e. The van der Waals surface area contributed by atoms with Gasteiger partial charge in [-0.2, -0.15) is 0 Å². The zero-order valence-corrected chi connectivity index (χ0v) is 9.92. The molecule has 1 unspecified atom stereocenters. The molecule has 0 radical (unpaired) electrons. The second-order valence-electron chi connectivity index (χ2n) is 3.75. The second kappa shape index (κ2) is 4.58. The molecule has 0 aliphatic heterocycles. The zero-order valence-electron chi connectivity index (χ0n) is 9.10. The Hall–Kier alpha value is -1.15. The van der Waals surface area contributed by atoms with E-state index in [-0.39, 0.29) is 0 Å². The van der Waals surface area contributed by atoms with E-state index in [0.29, 0.717) is 5.92 Å². The number of nitrogens with zero attached hydrogens (tertiary/aromatic N) is 1. The van der Waals surface area contributed by atoms with Crippen molar-refractivity contribution in [1.29, 1.82) is 0 Å². The molecule has 1 aromatic heterocycles. The van der Waals surface area contributed by atoms with E-state index in [1.807, 2.05) is 6.07 Å². The first-order valence-electron chi connectivity index (χ1n) is 5.32. The molecule has 0 fully saturated rings. The molecule has 2 rings (SSSR count). The van der Waals surface area contributed by atoms with Gasteiger partial charge in [0, 0.05) is 16.9 Å². The highest BCUT2D eigenvalue weighted by Gasteiger charge is 2.08. The summed E-state index contributed by atoms with van der Waals surface area (Å²) in [6.45, 7) is 4.43. The lowest BCUT2D eigenvalue weighted by Gasteiger charge is -2.02. The first-order chi connectivity index (χ1) is 7.31. The summed E-state index contributed by atoms with van der Waals surface area (Å²) in [5, 5.41) is 3.40. The van der Waals surface area contributed by atoms with Crippen molar-refractivity contribution in [2.24, 2.45) is 0 Å². The topological polar surface area (TPSA) is 12.9 Å². The van der Waals surface area contributed by atoms with Gasteiger partial charge in [0.25, 0.3) is 0 Å². The number of aromatic nitrogens is 1. The first kappa shape index (κ1) is 10.4. The predicted molar refractivity (Wildman–Crippen MR) is 66.3 cm³/mol. The lowest BCUT2D eigenvalue weighted by molar-refractivity contribution is 0.727. The van der Waals surface area contributed by atoms with E-state index < -0.39 is 0 Å². The van der Waals surface area contributed by atoms with Gasteiger partial charge in [0.15, 0.2) is 0 Å². The van der Waals surface area contributed by atoms with Gasteiger partial charge in [0.05, 0.1) is 10.7 Å². The van der Waals surface area contributed by atoms with Gasteiger partial charge < -0.3 is 0 Å². The maximum Gasteiger partial charge on any atom is 0.0960 e. The maximum atomic E-state index is 4.67. The summed E-state index contributed by atoms with van der Waals surface area (Å²) in [6, 6.07) is 10.4. The van der Waals surface area contributed by atoms with Crippen molar-refractivity contribution in [1.82, 2.24) is 4.98 Å². The highest BCUT2D eigenvalue weighted by molar-refractivity contribution is 7.10. The van der Waals surface area contributed by atoms with E-state index in [1.165, 1.54) is 10.6 Å². The average Bonchev–Trinajstić information content (AvgIpc) is 2.78. The van der Waals surface area contributed by atoms with Gasteiger partial charge in [-0.05, 0) is 6.42 Å². The molecule has 78 valence electrons. The number of thiazole rings is 1. The van der Waals surface area contributed by atoms with Crippen molar-refractivity contribution in [3.05, 3.63) is 40.7 Å². The van der Waals surface area contributed by atoms with E-state index in [1.54, 1.807) is 11.3 Å². The highest BCUT2D eigenvalue weighted by atomic mass is 32.1. The van der Waals surface area contributed by atoms with E-state index in [0.717, 1.165) is 12.1 Å². The molecule has 0 aliphatic carbocycles. The average molecular weight is 217 g/mol. The molecular formula is C13H15NS. The van der Waals surface area contributed by atoms with Crippen LogP contribution < -0.4 is 0 Å². The van der Waals surface area contributed by atoms with Crippen LogP contribution in [0.15, 0.2) is 35.7 Å². The van der Waals surface area contributed by atoms with Gasteiger partial charge in [-0.25, -0.2) is 4.98 Å². The predicted octanol–water partition coefficient (Wildman–Crippen LogP) is 4.32. The van der Waals surface area contributed by atoms with Crippen LogP contribution in [0.25, 0.3) is 11.3 Å². The Labute approximate surface area is 94.8 Å². The molecule has 0 spiro atoms. The van der Waals surface area contributed by atoms with Crippen molar-refractivity contribution in [3.63, 3.8) is 0 Å². The number of benzene rings is 1. The van der Waals surface area contributed by atoms with E-state index in [2.05, 4.69) is 48.5 Å². The molecule has 1 nitrogen and oxygen atoms in total. The molecule has 15 heavy (non-hydrogen) atoms. The lowest BCUT2D eigenvalue weighted by Crippen LogP contribution is -1.89. The van der Waals surface area contributed by atoms with Crippen LogP contribution in [0.4, 0.5) is 0 Å². The molecule has 0 bridgehead atoms. The third-order valence-electron chi connectivity index (χ3n) is 2.63. The van der Waals surface area contributed by atoms with Crippen LogP contribution in [-0.2, 0) is 0 Å². The summed E-state index contributed by atoms with van der Waals surface area (Å²) in [4.78, 5) is 4.67. The molecule has 0 saturated carbocycles. The molecule has 1 heterocycles. The fourth-order valence-corrected chi connectivity index (χ4v) is 2.40. The Morgan fingerprint density at radius 3 is 2.67 bits per heavy atom. The van der Waals surface area contributed by atoms with Gasteiger partial charge in [-0.3, -0.25) is 0 Å². The Balaban J connectivity index is 2.28. The summed E-state index contributed by atoms with van der Waals surface area (Å²) in [5.74, 6) is 0.576. The monoisotopic (exact) mass is 217 g/mol. The quantitative estimate of drug-likeness (QED) is 0.746. The van der Waals surface area contributed by atoms with Gasteiger partial charge in [0.2, 0.25) is 0 Å². The summed E-state index contributed by atoms with van der Waals surface area (Å²) in [5.41, 5.74) is 2.32. The molecule has 0 N–H and O–H groups in total. The number of rotatable bonds is 3. The highest BCUT2D eigenvalue weighted by Crippen LogP contribution is 2.27. The number of hydrogen-bond acceptors (Lipinski definition) is 2. The van der Waals surface area contributed by atoms with E-state index >= 15 is 0 Å². The Morgan fingerprint density at radius 1 is 1.27 bits per heavy atom. The van der Waals surface area contributed by atoms with Gasteiger partial charge in [0.1, 0.15) is 0 Å². The van der Waals surface area contributed by atoms with Gasteiger partial charge in [-0.15, -0.1) is 11.3 Å². The minimum atomic E-state index is 0.576. The minimum Gasteiger partial charge on any atom is -0.241 e. The lowest BCUT2D eigenvalue weighted by atomic mass is 10.1. The van der Waals surface area contributed by atoms with E-state index in [4.69, 9.17) is 0 Å². The normalized spacial score (nSPS) is 12.7. The summed E-state index contributed by atoms with van der Waals surface area (Å²) in [7, 11) is 0. The third-order valence-corrected chi connectivity index (χ3v) is 3.70. The van der Waals surface area contributed by atoms with Crippen molar-refractivity contribution < 1.29 is 0 Å². The van der Waals surface area contributed by atoms with Crippen LogP contribution >= 0.6 is 11.3 Å². The molecule has 0 amide bonds. The van der Waals surface area contributed by atoms with Gasteiger partial charge in [-0.1, -0.05) is 44.2 Å². The Morgan fingerprint density at radius 2 is 2.00 bits per heavy atom. The minimum absolute atomic E-state index is 0.576. The fraction of sp³-hybridized carbons (Fsp3) is 0.308. The number of hydrogen-bond donors (Lipinski definition) is 0. The molecule has 0 saturated heterocycles. The van der Waals surface area contributed by atoms with Crippen molar-refractivity contribution in [2.45, 2.75) is 26.2 Å². The molecule has 2 aromatic rings. The first-order valence-corrected chi connectivity index (χ1v) is 6.20. The summed E-state index contributed by atoms with van der Waals surface area (Å²) in [6.07, 6.45) is 1.15. The van der Waals surface area contributed by atoms with Crippen molar-refractivity contribution in [3.8, 4) is 11.3 Å². The standard InChI is InChI=1S/C13H15NS/c1-3-10(2)13-14-12(9-15-13)11-7-5-4-6-8-11/h4-10H,3H2,1-2H3. The van der Waals surface area contributed by atoms with Crippen LogP contribution in [0, 0.1) is 0 Å². The van der Waals surface area contributed by atoms with Crippen LogP contribution in [-0.4, -0.2) is 4.98 Å². The molecule has 2 heteroatoms. The second-order valence-corrected chi connectivity index (χ2v) is 4.64. The largest absolute Gasteiger partial charge is 0.241 e. The maximum absolute atomic E-state index is 4.67. The van der Waals surface area contributed by atoms with Gasteiger partial charge >= 0.3 is 0 Å². The zero-order chi connectivity index (χ0) is 10.7. The third kappa shape index (κ3) is 2.26. The Bertz CT molecular complexity index is 419. The van der Waals surface area contributed by atoms with Crippen LogP contribution in [0.3, 0.4) is 0 Å². The molecule has 1 aromatic carbocycles. The van der Waals surface area contributed by atoms with E-state index in [9.17, 15) is 0 Å². The molecular weight excluding hydrogens is 202 g/mol. The van der Waals surface area contributed by atoms with Crippen molar-refractivity contribution >= 4 is 11.3 Å². The van der Waals surface area contributed by atoms with Crippen molar-refractivity contribution in [2.75, 3.05) is 0 Å². The fourth-order valence-electron chi connectivity index (χ4n) is 1.43. The van der Waals surface area contributed by atoms with Crippen LogP contribution in [0.1, 0.15) is 31.2 Å².